The number of anilines is 1. The largest absolute Gasteiger partial charge is 0.424 e. The Hall–Kier alpha value is -2.17. The van der Waals surface area contributed by atoms with Crippen molar-refractivity contribution >= 4 is 5.82 Å². The van der Waals surface area contributed by atoms with E-state index in [0.29, 0.717) is 17.1 Å². The van der Waals surface area contributed by atoms with Gasteiger partial charge in [-0.15, -0.1) is 0 Å². The lowest BCUT2D eigenvalue weighted by atomic mass is 10.2. The summed E-state index contributed by atoms with van der Waals surface area (Å²) in [4.78, 5) is 7.77. The fourth-order valence-corrected chi connectivity index (χ4v) is 1.23. The molecule has 5 heteroatoms. The first kappa shape index (κ1) is 10.4. The van der Waals surface area contributed by atoms with Crippen LogP contribution < -0.4 is 10.5 Å². The second-order valence-corrected chi connectivity index (χ2v) is 3.28. The molecule has 1 aromatic heterocycles. The minimum absolute atomic E-state index is 0.148. The van der Waals surface area contributed by atoms with E-state index in [4.69, 9.17) is 10.5 Å². The van der Waals surface area contributed by atoms with Crippen LogP contribution in [0, 0.1) is 12.7 Å². The first-order chi connectivity index (χ1) is 7.65. The zero-order valence-corrected chi connectivity index (χ0v) is 8.64. The van der Waals surface area contributed by atoms with E-state index in [9.17, 15) is 4.39 Å². The number of benzene rings is 1. The number of halogens is 1. The molecule has 0 bridgehead atoms. The third-order valence-electron chi connectivity index (χ3n) is 1.99. The Kier molecular flexibility index (Phi) is 2.68. The van der Waals surface area contributed by atoms with E-state index in [1.165, 1.54) is 24.4 Å². The van der Waals surface area contributed by atoms with Crippen LogP contribution >= 0.6 is 0 Å². The Balaban J connectivity index is 2.27. The molecule has 0 unspecified atom stereocenters. The van der Waals surface area contributed by atoms with Crippen molar-refractivity contribution in [3.8, 4) is 11.8 Å². The minimum Gasteiger partial charge on any atom is -0.424 e. The van der Waals surface area contributed by atoms with Crippen LogP contribution in [0.5, 0.6) is 11.8 Å². The maximum atomic E-state index is 12.8. The van der Waals surface area contributed by atoms with Crippen LogP contribution in [0.3, 0.4) is 0 Å². The molecule has 16 heavy (non-hydrogen) atoms. The van der Waals surface area contributed by atoms with Gasteiger partial charge in [0.15, 0.2) is 0 Å². The van der Waals surface area contributed by atoms with Crippen molar-refractivity contribution in [2.75, 3.05) is 5.73 Å². The maximum absolute atomic E-state index is 12.8. The molecule has 0 radical (unpaired) electrons. The van der Waals surface area contributed by atoms with Gasteiger partial charge in [-0.3, -0.25) is 0 Å². The Morgan fingerprint density at radius 1 is 1.31 bits per heavy atom. The van der Waals surface area contributed by atoms with E-state index >= 15 is 0 Å². The third-order valence-corrected chi connectivity index (χ3v) is 1.99. The average molecular weight is 219 g/mol. The molecule has 0 atom stereocenters. The van der Waals surface area contributed by atoms with Gasteiger partial charge in [-0.05, 0) is 36.8 Å². The average Bonchev–Trinajstić information content (AvgIpc) is 2.22. The Morgan fingerprint density at radius 2 is 2.12 bits per heavy atom. The normalized spacial score (nSPS) is 10.1. The summed E-state index contributed by atoms with van der Waals surface area (Å²) in [5.41, 5.74) is 6.16. The number of nitrogens with two attached hydrogens (primary N) is 1. The quantitative estimate of drug-likeness (QED) is 0.841. The minimum atomic E-state index is -0.307. The van der Waals surface area contributed by atoms with Gasteiger partial charge in [-0.25, -0.2) is 9.37 Å². The topological polar surface area (TPSA) is 61.0 Å². The van der Waals surface area contributed by atoms with Crippen molar-refractivity contribution in [1.29, 1.82) is 0 Å². The molecule has 1 heterocycles. The molecule has 0 spiro atoms. The van der Waals surface area contributed by atoms with Crippen LogP contribution in [0.25, 0.3) is 0 Å². The summed E-state index contributed by atoms with van der Waals surface area (Å²) in [5, 5.41) is 0. The van der Waals surface area contributed by atoms with E-state index in [-0.39, 0.29) is 11.8 Å². The Labute approximate surface area is 91.9 Å². The van der Waals surface area contributed by atoms with Gasteiger partial charge in [-0.2, -0.15) is 4.98 Å². The lowest BCUT2D eigenvalue weighted by Gasteiger charge is -2.06. The molecule has 0 amide bonds. The zero-order chi connectivity index (χ0) is 11.5. The summed E-state index contributed by atoms with van der Waals surface area (Å²) in [5.74, 6) is 0.523. The van der Waals surface area contributed by atoms with E-state index in [1.807, 2.05) is 0 Å². The van der Waals surface area contributed by atoms with Crippen molar-refractivity contribution in [2.45, 2.75) is 6.92 Å². The number of hydrogen-bond acceptors (Lipinski definition) is 4. The highest BCUT2D eigenvalue weighted by atomic mass is 19.1. The van der Waals surface area contributed by atoms with Crippen LogP contribution in [-0.2, 0) is 0 Å². The van der Waals surface area contributed by atoms with Gasteiger partial charge in [0.05, 0.1) is 0 Å². The molecule has 0 aliphatic rings. The lowest BCUT2D eigenvalue weighted by molar-refractivity contribution is 0.438. The highest BCUT2D eigenvalue weighted by molar-refractivity contribution is 5.35. The summed E-state index contributed by atoms with van der Waals surface area (Å²) in [7, 11) is 0. The predicted octanol–water partition coefficient (Wildman–Crippen LogP) is 2.30. The molecule has 0 saturated carbocycles. The first-order valence-corrected chi connectivity index (χ1v) is 4.67. The Morgan fingerprint density at radius 3 is 2.81 bits per heavy atom. The van der Waals surface area contributed by atoms with E-state index < -0.39 is 0 Å². The van der Waals surface area contributed by atoms with Crippen molar-refractivity contribution in [2.24, 2.45) is 0 Å². The smallest absolute Gasteiger partial charge is 0.323 e. The molecular formula is C11H10FN3O. The summed E-state index contributed by atoms with van der Waals surface area (Å²) in [6, 6.07) is 5.92. The molecule has 2 N–H and O–H groups in total. The summed E-state index contributed by atoms with van der Waals surface area (Å²) >= 11 is 0. The molecule has 0 saturated heterocycles. The number of aromatic nitrogens is 2. The molecule has 0 aliphatic heterocycles. The molecule has 0 aliphatic carbocycles. The third kappa shape index (κ3) is 2.25. The zero-order valence-electron chi connectivity index (χ0n) is 8.64. The lowest BCUT2D eigenvalue weighted by Crippen LogP contribution is -1.96. The number of ether oxygens (including phenoxy) is 1. The Bertz CT molecular complexity index is 516. The van der Waals surface area contributed by atoms with Gasteiger partial charge in [0.25, 0.3) is 0 Å². The van der Waals surface area contributed by atoms with Crippen LogP contribution in [0.2, 0.25) is 0 Å². The predicted molar refractivity (Wildman–Crippen MR) is 57.7 cm³/mol. The van der Waals surface area contributed by atoms with Crippen molar-refractivity contribution in [1.82, 2.24) is 9.97 Å². The molecule has 2 aromatic rings. The molecular weight excluding hydrogens is 209 g/mol. The highest BCUT2D eigenvalue weighted by Crippen LogP contribution is 2.23. The summed E-state index contributed by atoms with van der Waals surface area (Å²) < 4.78 is 18.2. The van der Waals surface area contributed by atoms with E-state index in [2.05, 4.69) is 9.97 Å². The molecule has 2 rings (SSSR count). The fraction of sp³-hybridized carbons (Fsp3) is 0.0909. The second-order valence-electron chi connectivity index (χ2n) is 3.28. The molecule has 0 fully saturated rings. The van der Waals surface area contributed by atoms with Gasteiger partial charge in [0, 0.05) is 6.20 Å². The van der Waals surface area contributed by atoms with Gasteiger partial charge >= 0.3 is 6.01 Å². The SMILES string of the molecule is Cc1cc(F)ccc1Oc1nccc(N)n1. The monoisotopic (exact) mass is 219 g/mol. The second kappa shape index (κ2) is 4.14. The molecule has 1 aromatic carbocycles. The standard InChI is InChI=1S/C11H10FN3O/c1-7-6-8(12)2-3-9(7)16-11-14-5-4-10(13)15-11/h2-6H,1H3,(H2,13,14,15). The summed E-state index contributed by atoms with van der Waals surface area (Å²) in [6.45, 7) is 1.74. The number of rotatable bonds is 2. The van der Waals surface area contributed by atoms with Crippen molar-refractivity contribution in [3.05, 3.63) is 41.8 Å². The fourth-order valence-electron chi connectivity index (χ4n) is 1.23. The maximum Gasteiger partial charge on any atom is 0.323 e. The number of aryl methyl sites for hydroxylation is 1. The van der Waals surface area contributed by atoms with E-state index in [0.717, 1.165) is 0 Å². The van der Waals surface area contributed by atoms with E-state index in [1.54, 1.807) is 13.0 Å². The number of nitrogen functional groups attached to an aromatic ring is 1. The molecule has 82 valence electrons. The number of hydrogen-bond donors (Lipinski definition) is 1. The van der Waals surface area contributed by atoms with Gasteiger partial charge in [0.2, 0.25) is 0 Å². The van der Waals surface area contributed by atoms with Gasteiger partial charge in [0.1, 0.15) is 17.4 Å². The van der Waals surface area contributed by atoms with Crippen molar-refractivity contribution in [3.63, 3.8) is 0 Å². The van der Waals surface area contributed by atoms with Crippen LogP contribution in [0.15, 0.2) is 30.5 Å². The van der Waals surface area contributed by atoms with Crippen LogP contribution in [-0.4, -0.2) is 9.97 Å². The van der Waals surface area contributed by atoms with Gasteiger partial charge < -0.3 is 10.5 Å². The van der Waals surface area contributed by atoms with Crippen LogP contribution in [0.4, 0.5) is 10.2 Å². The number of nitrogens with zero attached hydrogens (tertiary/aromatic N) is 2. The van der Waals surface area contributed by atoms with Crippen molar-refractivity contribution < 1.29 is 9.13 Å². The van der Waals surface area contributed by atoms with Gasteiger partial charge in [-0.1, -0.05) is 0 Å². The first-order valence-electron chi connectivity index (χ1n) is 4.67. The van der Waals surface area contributed by atoms with Crippen LogP contribution in [0.1, 0.15) is 5.56 Å². The molecule has 4 nitrogen and oxygen atoms in total. The highest BCUT2D eigenvalue weighted by Gasteiger charge is 2.04. The summed E-state index contributed by atoms with van der Waals surface area (Å²) in [6.07, 6.45) is 1.50.